The lowest BCUT2D eigenvalue weighted by atomic mass is 10.2. The number of benzene rings is 1. The molecule has 0 aliphatic rings. The molecular weight excluding hydrogens is 278 g/mol. The number of amides is 1. The third-order valence-electron chi connectivity index (χ3n) is 2.88. The summed E-state index contributed by atoms with van der Waals surface area (Å²) in [4.78, 5) is 33.4. The molecule has 21 heavy (non-hydrogen) atoms. The first kappa shape index (κ1) is 14.6. The summed E-state index contributed by atoms with van der Waals surface area (Å²) in [6, 6.07) is 5.31. The standard InChI is InChI=1S/C14H13NO6/c1-7-2-3-10-8(4-7)5-11(21-10)13(18)15-9(14(19)20)6-12(16)17/h2-5,9H,6H2,1H3,(H,15,18)(H,16,17)(H,19,20)/t9-/m0/s1. The molecule has 0 spiro atoms. The number of carboxylic acids is 2. The molecule has 3 N–H and O–H groups in total. The van der Waals surface area contributed by atoms with Crippen molar-refractivity contribution in [3.05, 3.63) is 35.6 Å². The van der Waals surface area contributed by atoms with Crippen LogP contribution in [0.15, 0.2) is 28.7 Å². The lowest BCUT2D eigenvalue weighted by Gasteiger charge is -2.10. The van der Waals surface area contributed by atoms with Crippen LogP contribution in [0, 0.1) is 6.92 Å². The maximum Gasteiger partial charge on any atom is 0.326 e. The largest absolute Gasteiger partial charge is 0.481 e. The van der Waals surface area contributed by atoms with E-state index in [9.17, 15) is 14.4 Å². The highest BCUT2D eigenvalue weighted by molar-refractivity contribution is 5.98. The Morgan fingerprint density at radius 3 is 2.57 bits per heavy atom. The van der Waals surface area contributed by atoms with Crippen molar-refractivity contribution < 1.29 is 29.0 Å². The molecule has 1 atom stereocenters. The summed E-state index contributed by atoms with van der Waals surface area (Å²) in [5.41, 5.74) is 1.49. The van der Waals surface area contributed by atoms with E-state index in [4.69, 9.17) is 14.6 Å². The van der Waals surface area contributed by atoms with E-state index in [-0.39, 0.29) is 5.76 Å². The molecule has 0 saturated carbocycles. The van der Waals surface area contributed by atoms with Gasteiger partial charge in [-0.3, -0.25) is 9.59 Å². The third-order valence-corrected chi connectivity index (χ3v) is 2.88. The van der Waals surface area contributed by atoms with Crippen molar-refractivity contribution in [3.8, 4) is 0 Å². The fourth-order valence-electron chi connectivity index (χ4n) is 1.88. The normalized spacial score (nSPS) is 12.0. The van der Waals surface area contributed by atoms with Crippen molar-refractivity contribution in [2.45, 2.75) is 19.4 Å². The molecule has 0 radical (unpaired) electrons. The Morgan fingerprint density at radius 2 is 1.95 bits per heavy atom. The van der Waals surface area contributed by atoms with Gasteiger partial charge in [0.25, 0.3) is 5.91 Å². The number of aryl methyl sites for hydroxylation is 1. The molecule has 0 bridgehead atoms. The molecule has 2 aromatic rings. The first-order valence-corrected chi connectivity index (χ1v) is 6.12. The minimum Gasteiger partial charge on any atom is -0.481 e. The molecule has 2 rings (SSSR count). The fourth-order valence-corrected chi connectivity index (χ4v) is 1.88. The zero-order chi connectivity index (χ0) is 15.6. The molecular formula is C14H13NO6. The number of carbonyl (C=O) groups excluding carboxylic acids is 1. The molecule has 7 heteroatoms. The topological polar surface area (TPSA) is 117 Å². The average Bonchev–Trinajstić information content (AvgIpc) is 2.80. The summed E-state index contributed by atoms with van der Waals surface area (Å²) in [7, 11) is 0. The van der Waals surface area contributed by atoms with Gasteiger partial charge in [-0.25, -0.2) is 4.79 Å². The molecule has 7 nitrogen and oxygen atoms in total. The number of rotatable bonds is 5. The fraction of sp³-hybridized carbons (Fsp3) is 0.214. The monoisotopic (exact) mass is 291 g/mol. The highest BCUT2D eigenvalue weighted by atomic mass is 16.4. The lowest BCUT2D eigenvalue weighted by Crippen LogP contribution is -2.42. The van der Waals surface area contributed by atoms with E-state index in [1.54, 1.807) is 6.07 Å². The molecule has 0 unspecified atom stereocenters. The predicted molar refractivity (Wildman–Crippen MR) is 72.1 cm³/mol. The van der Waals surface area contributed by atoms with Gasteiger partial charge in [-0.15, -0.1) is 0 Å². The van der Waals surface area contributed by atoms with Crippen LogP contribution in [-0.2, 0) is 9.59 Å². The summed E-state index contributed by atoms with van der Waals surface area (Å²) < 4.78 is 5.32. The number of nitrogens with one attached hydrogen (secondary N) is 1. The Hall–Kier alpha value is -2.83. The van der Waals surface area contributed by atoms with Crippen LogP contribution < -0.4 is 5.32 Å². The van der Waals surface area contributed by atoms with E-state index >= 15 is 0 Å². The molecule has 0 saturated heterocycles. The number of hydrogen-bond donors (Lipinski definition) is 3. The van der Waals surface area contributed by atoms with Gasteiger partial charge >= 0.3 is 11.9 Å². The van der Waals surface area contributed by atoms with E-state index in [2.05, 4.69) is 5.32 Å². The summed E-state index contributed by atoms with van der Waals surface area (Å²) >= 11 is 0. The zero-order valence-corrected chi connectivity index (χ0v) is 11.1. The Kier molecular flexibility index (Phi) is 3.93. The average molecular weight is 291 g/mol. The van der Waals surface area contributed by atoms with Crippen LogP contribution in [0.1, 0.15) is 22.5 Å². The molecule has 0 aliphatic heterocycles. The van der Waals surface area contributed by atoms with Crippen LogP contribution in [-0.4, -0.2) is 34.1 Å². The Bertz CT molecular complexity index is 717. The first-order chi connectivity index (χ1) is 9.86. The van der Waals surface area contributed by atoms with E-state index < -0.39 is 30.3 Å². The first-order valence-electron chi connectivity index (χ1n) is 6.12. The maximum atomic E-state index is 11.9. The van der Waals surface area contributed by atoms with Gasteiger partial charge in [-0.2, -0.15) is 0 Å². The Balaban J connectivity index is 2.20. The quantitative estimate of drug-likeness (QED) is 0.766. The molecule has 0 fully saturated rings. The van der Waals surface area contributed by atoms with Crippen molar-refractivity contribution in [2.24, 2.45) is 0 Å². The van der Waals surface area contributed by atoms with Gasteiger partial charge in [-0.05, 0) is 25.1 Å². The Morgan fingerprint density at radius 1 is 1.24 bits per heavy atom. The summed E-state index contributed by atoms with van der Waals surface area (Å²) in [6.45, 7) is 1.89. The minimum atomic E-state index is -1.51. The van der Waals surface area contributed by atoms with Gasteiger partial charge in [0.2, 0.25) is 0 Å². The highest BCUT2D eigenvalue weighted by Crippen LogP contribution is 2.20. The van der Waals surface area contributed by atoms with Crippen LogP contribution in [0.3, 0.4) is 0 Å². The molecule has 1 aromatic heterocycles. The second kappa shape index (κ2) is 5.66. The van der Waals surface area contributed by atoms with Crippen molar-refractivity contribution >= 4 is 28.8 Å². The maximum absolute atomic E-state index is 11.9. The number of fused-ring (bicyclic) bond motifs is 1. The molecule has 110 valence electrons. The van der Waals surface area contributed by atoms with Gasteiger partial charge in [-0.1, -0.05) is 11.6 Å². The van der Waals surface area contributed by atoms with Gasteiger partial charge in [0.15, 0.2) is 5.76 Å². The van der Waals surface area contributed by atoms with Crippen LogP contribution >= 0.6 is 0 Å². The van der Waals surface area contributed by atoms with Crippen LogP contribution in [0.2, 0.25) is 0 Å². The van der Waals surface area contributed by atoms with Gasteiger partial charge in [0.1, 0.15) is 11.6 Å². The van der Waals surface area contributed by atoms with E-state index in [1.807, 2.05) is 19.1 Å². The molecule has 1 aromatic carbocycles. The number of aliphatic carboxylic acids is 2. The molecule has 1 heterocycles. The van der Waals surface area contributed by atoms with E-state index in [1.165, 1.54) is 6.07 Å². The predicted octanol–water partition coefficient (Wildman–Crippen LogP) is 1.40. The van der Waals surface area contributed by atoms with Crippen molar-refractivity contribution in [1.82, 2.24) is 5.32 Å². The summed E-state index contributed by atoms with van der Waals surface area (Å²) in [5.74, 6) is -3.56. The number of furan rings is 1. The van der Waals surface area contributed by atoms with Crippen LogP contribution in [0.25, 0.3) is 11.0 Å². The lowest BCUT2D eigenvalue weighted by molar-refractivity contribution is -0.145. The minimum absolute atomic E-state index is 0.0627. The van der Waals surface area contributed by atoms with Gasteiger partial charge in [0, 0.05) is 5.39 Å². The third kappa shape index (κ3) is 3.38. The zero-order valence-electron chi connectivity index (χ0n) is 11.1. The number of carbonyl (C=O) groups is 3. The second-order valence-electron chi connectivity index (χ2n) is 4.61. The van der Waals surface area contributed by atoms with Crippen molar-refractivity contribution in [3.63, 3.8) is 0 Å². The van der Waals surface area contributed by atoms with Crippen LogP contribution in [0.4, 0.5) is 0 Å². The Labute approximate surface area is 119 Å². The van der Waals surface area contributed by atoms with Crippen LogP contribution in [0.5, 0.6) is 0 Å². The molecule has 1 amide bonds. The van der Waals surface area contributed by atoms with E-state index in [0.29, 0.717) is 11.0 Å². The highest BCUT2D eigenvalue weighted by Gasteiger charge is 2.25. The number of hydrogen-bond acceptors (Lipinski definition) is 4. The van der Waals surface area contributed by atoms with Crippen molar-refractivity contribution in [2.75, 3.05) is 0 Å². The van der Waals surface area contributed by atoms with Crippen molar-refractivity contribution in [1.29, 1.82) is 0 Å². The SMILES string of the molecule is Cc1ccc2oc(C(=O)N[C@@H](CC(=O)O)C(=O)O)cc2c1. The molecule has 0 aliphatic carbocycles. The number of carboxylic acid groups (broad SMARTS) is 2. The second-order valence-corrected chi connectivity index (χ2v) is 4.61. The van der Waals surface area contributed by atoms with Gasteiger partial charge < -0.3 is 19.9 Å². The van der Waals surface area contributed by atoms with E-state index in [0.717, 1.165) is 5.56 Å². The smallest absolute Gasteiger partial charge is 0.326 e. The summed E-state index contributed by atoms with van der Waals surface area (Å²) in [5, 5.41) is 20.3. The summed E-state index contributed by atoms with van der Waals surface area (Å²) in [6.07, 6.45) is -0.708. The van der Waals surface area contributed by atoms with Gasteiger partial charge in [0.05, 0.1) is 6.42 Å².